The molecule has 0 fully saturated rings. The van der Waals surface area contributed by atoms with E-state index in [0.29, 0.717) is 35.3 Å². The molecule has 0 aromatic heterocycles. The fraction of sp³-hybridized carbons (Fsp3) is 0.462. The number of carbonyl (C=O) groups excluding carboxylic acids is 1. The van der Waals surface area contributed by atoms with E-state index in [4.69, 9.17) is 9.88 Å². The largest absolute Gasteiger partial charge is 0.383 e. The minimum atomic E-state index is -3.89. The van der Waals surface area contributed by atoms with Crippen molar-refractivity contribution >= 4 is 31.9 Å². The normalized spacial score (nSPS) is 11.5. The van der Waals surface area contributed by atoms with E-state index in [1.807, 2.05) is 6.92 Å². The molecular weight excluding hydrogens is 360 g/mol. The van der Waals surface area contributed by atoms with E-state index >= 15 is 0 Å². The number of likely N-dealkylation sites (N-methyl/N-ethyl adjacent to an activating group) is 1. The molecule has 0 unspecified atom stereocenters. The molecule has 2 N–H and O–H groups in total. The average Bonchev–Trinajstić information content (AvgIpc) is 2.40. The third-order valence-corrected chi connectivity index (χ3v) is 4.59. The minimum absolute atomic E-state index is 0.0528. The summed E-state index contributed by atoms with van der Waals surface area (Å²) in [6.45, 7) is 4.76. The van der Waals surface area contributed by atoms with Crippen LogP contribution >= 0.6 is 15.9 Å². The van der Waals surface area contributed by atoms with Crippen LogP contribution in [0.25, 0.3) is 0 Å². The molecule has 0 atom stereocenters. The van der Waals surface area contributed by atoms with Gasteiger partial charge in [-0.1, -0.05) is 15.9 Å². The van der Waals surface area contributed by atoms with Crippen LogP contribution in [0.1, 0.15) is 22.8 Å². The van der Waals surface area contributed by atoms with Crippen LogP contribution in [0.15, 0.2) is 21.5 Å². The number of sulfonamides is 1. The van der Waals surface area contributed by atoms with Gasteiger partial charge in [0.25, 0.3) is 5.91 Å². The van der Waals surface area contributed by atoms with Crippen molar-refractivity contribution in [3.63, 3.8) is 0 Å². The highest BCUT2D eigenvalue weighted by Crippen LogP contribution is 2.25. The van der Waals surface area contributed by atoms with Gasteiger partial charge >= 0.3 is 0 Å². The maximum Gasteiger partial charge on any atom is 0.254 e. The van der Waals surface area contributed by atoms with Crippen molar-refractivity contribution in [2.75, 3.05) is 26.8 Å². The van der Waals surface area contributed by atoms with Crippen LogP contribution < -0.4 is 5.14 Å². The van der Waals surface area contributed by atoms with Crippen molar-refractivity contribution in [3.8, 4) is 0 Å². The summed E-state index contributed by atoms with van der Waals surface area (Å²) in [5.41, 5.74) is 0.660. The number of primary sulfonamides is 1. The Labute approximate surface area is 133 Å². The van der Waals surface area contributed by atoms with Crippen molar-refractivity contribution in [3.05, 3.63) is 27.7 Å². The summed E-state index contributed by atoms with van der Waals surface area (Å²) in [5, 5.41) is 5.19. The van der Waals surface area contributed by atoms with Crippen LogP contribution in [-0.2, 0) is 14.8 Å². The second-order valence-electron chi connectivity index (χ2n) is 4.50. The van der Waals surface area contributed by atoms with Crippen molar-refractivity contribution in [1.29, 1.82) is 0 Å². The van der Waals surface area contributed by atoms with Gasteiger partial charge in [-0.3, -0.25) is 4.79 Å². The number of halogens is 1. The van der Waals surface area contributed by atoms with Gasteiger partial charge in [0.05, 0.1) is 11.5 Å². The Morgan fingerprint density at radius 3 is 2.52 bits per heavy atom. The lowest BCUT2D eigenvalue weighted by atomic mass is 10.1. The van der Waals surface area contributed by atoms with Crippen molar-refractivity contribution in [2.24, 2.45) is 5.14 Å². The molecule has 1 rings (SSSR count). The first-order chi connectivity index (χ1) is 9.72. The average molecular weight is 379 g/mol. The molecule has 0 saturated carbocycles. The molecule has 1 aromatic rings. The highest BCUT2D eigenvalue weighted by Gasteiger charge is 2.22. The zero-order valence-corrected chi connectivity index (χ0v) is 14.6. The van der Waals surface area contributed by atoms with Gasteiger partial charge in [-0.15, -0.1) is 0 Å². The van der Waals surface area contributed by atoms with Crippen LogP contribution in [0.5, 0.6) is 0 Å². The molecule has 8 heteroatoms. The van der Waals surface area contributed by atoms with Crippen LogP contribution in [0, 0.1) is 6.92 Å². The van der Waals surface area contributed by atoms with Crippen molar-refractivity contribution < 1.29 is 17.9 Å². The topological polar surface area (TPSA) is 89.7 Å². The molecule has 0 radical (unpaired) electrons. The number of ether oxygens (including phenoxy) is 1. The third kappa shape index (κ3) is 4.50. The lowest BCUT2D eigenvalue weighted by Crippen LogP contribution is -2.34. The zero-order chi connectivity index (χ0) is 16.2. The highest BCUT2D eigenvalue weighted by molar-refractivity contribution is 9.10. The molecule has 0 aliphatic heterocycles. The Balaban J connectivity index is 3.30. The van der Waals surface area contributed by atoms with Crippen LogP contribution in [0.4, 0.5) is 0 Å². The zero-order valence-electron chi connectivity index (χ0n) is 12.2. The molecule has 0 saturated heterocycles. The van der Waals surface area contributed by atoms with Gasteiger partial charge in [0, 0.05) is 30.2 Å². The molecule has 0 heterocycles. The fourth-order valence-electron chi connectivity index (χ4n) is 1.95. The molecule has 0 aliphatic rings. The molecule has 0 aliphatic carbocycles. The van der Waals surface area contributed by atoms with Gasteiger partial charge in [-0.2, -0.15) is 0 Å². The summed E-state index contributed by atoms with van der Waals surface area (Å²) in [6.07, 6.45) is 0. The van der Waals surface area contributed by atoms with E-state index in [1.54, 1.807) is 25.0 Å². The van der Waals surface area contributed by atoms with E-state index in [2.05, 4.69) is 15.9 Å². The molecular formula is C13H19BrN2O4S. The molecule has 1 aromatic carbocycles. The van der Waals surface area contributed by atoms with Gasteiger partial charge in [0.1, 0.15) is 0 Å². The Morgan fingerprint density at radius 2 is 2.05 bits per heavy atom. The number of amides is 1. The second-order valence-corrected chi connectivity index (χ2v) is 6.94. The van der Waals surface area contributed by atoms with Crippen LogP contribution in [-0.4, -0.2) is 46.0 Å². The monoisotopic (exact) mass is 378 g/mol. The molecule has 1 amide bonds. The number of hydrogen-bond donors (Lipinski definition) is 1. The lowest BCUT2D eigenvalue weighted by Gasteiger charge is -2.22. The number of hydrogen-bond acceptors (Lipinski definition) is 4. The third-order valence-electron chi connectivity index (χ3n) is 3.10. The first-order valence-electron chi connectivity index (χ1n) is 6.33. The Kier molecular flexibility index (Phi) is 6.33. The van der Waals surface area contributed by atoms with E-state index in [-0.39, 0.29) is 10.8 Å². The standard InChI is InChI=1S/C13H19BrN2O4S/c1-4-16(5-6-20-3)13(17)11-7-10(14)8-12(9(11)2)21(15,18)19/h7-8H,4-6H2,1-3H3,(H2,15,18,19). The van der Waals surface area contributed by atoms with E-state index in [0.717, 1.165) is 0 Å². The first-order valence-corrected chi connectivity index (χ1v) is 8.67. The summed E-state index contributed by atoms with van der Waals surface area (Å²) >= 11 is 3.22. The maximum absolute atomic E-state index is 12.5. The Bertz CT molecular complexity index is 631. The quantitative estimate of drug-likeness (QED) is 0.812. The number of rotatable bonds is 6. The lowest BCUT2D eigenvalue weighted by molar-refractivity contribution is 0.0705. The number of nitrogens with two attached hydrogens (primary N) is 1. The van der Waals surface area contributed by atoms with E-state index in [9.17, 15) is 13.2 Å². The summed E-state index contributed by atoms with van der Waals surface area (Å²) in [5.74, 6) is -0.252. The number of methoxy groups -OCH3 is 1. The van der Waals surface area contributed by atoms with Gasteiger partial charge in [-0.25, -0.2) is 13.6 Å². The SMILES string of the molecule is CCN(CCOC)C(=O)c1cc(Br)cc(S(N)(=O)=O)c1C. The van der Waals surface area contributed by atoms with Gasteiger partial charge in [0.2, 0.25) is 10.0 Å². The summed E-state index contributed by atoms with van der Waals surface area (Å²) in [4.78, 5) is 14.1. The number of nitrogens with zero attached hydrogens (tertiary/aromatic N) is 1. The maximum atomic E-state index is 12.5. The number of carbonyl (C=O) groups is 1. The molecule has 118 valence electrons. The molecule has 6 nitrogen and oxygen atoms in total. The van der Waals surface area contributed by atoms with Gasteiger partial charge in [0.15, 0.2) is 0 Å². The second kappa shape index (κ2) is 7.35. The minimum Gasteiger partial charge on any atom is -0.383 e. The van der Waals surface area contributed by atoms with Crippen LogP contribution in [0.3, 0.4) is 0 Å². The first kappa shape index (κ1) is 18.1. The Morgan fingerprint density at radius 1 is 1.43 bits per heavy atom. The smallest absolute Gasteiger partial charge is 0.254 e. The van der Waals surface area contributed by atoms with Crippen molar-refractivity contribution in [2.45, 2.75) is 18.7 Å². The fourth-order valence-corrected chi connectivity index (χ4v) is 3.38. The van der Waals surface area contributed by atoms with Gasteiger partial charge in [-0.05, 0) is 31.5 Å². The van der Waals surface area contributed by atoms with E-state index < -0.39 is 10.0 Å². The summed E-state index contributed by atoms with van der Waals surface area (Å²) in [7, 11) is -2.33. The predicted molar refractivity (Wildman–Crippen MR) is 83.7 cm³/mol. The number of benzene rings is 1. The predicted octanol–water partition coefficient (Wildman–Crippen LogP) is 1.51. The molecule has 0 spiro atoms. The molecule has 0 bridgehead atoms. The van der Waals surface area contributed by atoms with Crippen molar-refractivity contribution in [1.82, 2.24) is 4.90 Å². The van der Waals surface area contributed by atoms with E-state index in [1.165, 1.54) is 6.07 Å². The summed E-state index contributed by atoms with van der Waals surface area (Å²) < 4.78 is 28.7. The Hall–Kier alpha value is -0.960. The van der Waals surface area contributed by atoms with Gasteiger partial charge < -0.3 is 9.64 Å². The van der Waals surface area contributed by atoms with Crippen LogP contribution in [0.2, 0.25) is 0 Å². The molecule has 21 heavy (non-hydrogen) atoms. The summed E-state index contributed by atoms with van der Waals surface area (Å²) in [6, 6.07) is 2.99. The highest BCUT2D eigenvalue weighted by atomic mass is 79.9.